The third kappa shape index (κ3) is 2.21. The van der Waals surface area contributed by atoms with Crippen molar-refractivity contribution >= 4 is 33.2 Å². The van der Waals surface area contributed by atoms with E-state index in [9.17, 15) is 0 Å². The van der Waals surface area contributed by atoms with E-state index < -0.39 is 0 Å². The van der Waals surface area contributed by atoms with Gasteiger partial charge < -0.3 is 10.6 Å². The Labute approximate surface area is 127 Å². The number of thiophene rings is 1. The Morgan fingerprint density at radius 1 is 1.53 bits per heavy atom. The van der Waals surface area contributed by atoms with Crippen molar-refractivity contribution in [3.05, 3.63) is 20.8 Å². The average Bonchev–Trinajstić information content (AvgIpc) is 2.71. The molecule has 1 aromatic rings. The molecule has 0 amide bonds. The summed E-state index contributed by atoms with van der Waals surface area (Å²) >= 11 is 5.34. The molecule has 0 spiro atoms. The first kappa shape index (κ1) is 13.4. The van der Waals surface area contributed by atoms with E-state index in [0.29, 0.717) is 11.9 Å². The molecule has 19 heavy (non-hydrogen) atoms. The first-order valence-electron chi connectivity index (χ1n) is 6.81. The van der Waals surface area contributed by atoms with Crippen LogP contribution < -0.4 is 5.73 Å². The SMILES string of the molecule is CN1C[C@H](C2CCC2)[C@@](C)(c2cc(Br)cs2)N=C1N. The minimum Gasteiger partial charge on any atom is -0.370 e. The second kappa shape index (κ2) is 4.77. The summed E-state index contributed by atoms with van der Waals surface area (Å²) in [6.07, 6.45) is 4.06. The van der Waals surface area contributed by atoms with Gasteiger partial charge in [-0.25, -0.2) is 4.99 Å². The van der Waals surface area contributed by atoms with Crippen LogP contribution in [0.15, 0.2) is 20.9 Å². The zero-order valence-corrected chi connectivity index (χ0v) is 13.8. The molecule has 1 aliphatic carbocycles. The quantitative estimate of drug-likeness (QED) is 0.895. The Kier molecular flexibility index (Phi) is 3.38. The minimum atomic E-state index is -0.154. The summed E-state index contributed by atoms with van der Waals surface area (Å²) in [7, 11) is 2.05. The van der Waals surface area contributed by atoms with E-state index in [1.165, 1.54) is 24.1 Å². The highest BCUT2D eigenvalue weighted by Crippen LogP contribution is 2.48. The lowest BCUT2D eigenvalue weighted by atomic mass is 9.66. The molecule has 104 valence electrons. The Bertz CT molecular complexity index is 509. The molecule has 0 unspecified atom stereocenters. The summed E-state index contributed by atoms with van der Waals surface area (Å²) in [4.78, 5) is 8.30. The number of hydrogen-bond donors (Lipinski definition) is 1. The molecule has 1 saturated carbocycles. The summed E-state index contributed by atoms with van der Waals surface area (Å²) < 4.78 is 1.15. The van der Waals surface area contributed by atoms with Gasteiger partial charge in [0.1, 0.15) is 5.54 Å². The van der Waals surface area contributed by atoms with E-state index in [0.717, 1.165) is 16.9 Å². The van der Waals surface area contributed by atoms with Crippen molar-refractivity contribution in [2.45, 2.75) is 31.7 Å². The fourth-order valence-corrected chi connectivity index (χ4v) is 4.84. The van der Waals surface area contributed by atoms with Crippen LogP contribution in [-0.4, -0.2) is 24.5 Å². The van der Waals surface area contributed by atoms with E-state index in [1.807, 2.05) is 0 Å². The molecule has 2 N–H and O–H groups in total. The van der Waals surface area contributed by atoms with Gasteiger partial charge in [-0.15, -0.1) is 11.3 Å². The number of nitrogens with two attached hydrogens (primary N) is 1. The normalized spacial score (nSPS) is 32.1. The molecule has 0 aromatic carbocycles. The van der Waals surface area contributed by atoms with Crippen LogP contribution in [0, 0.1) is 11.8 Å². The van der Waals surface area contributed by atoms with E-state index in [-0.39, 0.29) is 5.54 Å². The van der Waals surface area contributed by atoms with E-state index in [2.05, 4.69) is 46.2 Å². The van der Waals surface area contributed by atoms with Gasteiger partial charge in [-0.1, -0.05) is 19.3 Å². The lowest BCUT2D eigenvalue weighted by molar-refractivity contribution is 0.0977. The van der Waals surface area contributed by atoms with Crippen molar-refractivity contribution in [2.24, 2.45) is 22.6 Å². The van der Waals surface area contributed by atoms with E-state index in [4.69, 9.17) is 10.7 Å². The molecule has 0 saturated heterocycles. The maximum atomic E-state index is 6.09. The second-order valence-electron chi connectivity index (χ2n) is 5.92. The standard InChI is InChI=1S/C14H20BrN3S/c1-14(12-6-10(15)8-19-12)11(9-4-3-5-9)7-18(2)13(16)17-14/h6,8-9,11H,3-5,7H2,1-2H3,(H2,16,17)/t11-,14+/m1/s1. The van der Waals surface area contributed by atoms with Gasteiger partial charge in [0.05, 0.1) is 0 Å². The molecule has 1 fully saturated rings. The van der Waals surface area contributed by atoms with Crippen molar-refractivity contribution in [3.63, 3.8) is 0 Å². The number of rotatable bonds is 2. The molecule has 3 rings (SSSR count). The molecule has 1 aromatic heterocycles. The fourth-order valence-electron chi connectivity index (χ4n) is 3.24. The van der Waals surface area contributed by atoms with Crippen LogP contribution in [0.5, 0.6) is 0 Å². The molecule has 3 nitrogen and oxygen atoms in total. The van der Waals surface area contributed by atoms with E-state index in [1.54, 1.807) is 11.3 Å². The van der Waals surface area contributed by atoms with Crippen molar-refractivity contribution in [1.82, 2.24) is 4.90 Å². The zero-order valence-electron chi connectivity index (χ0n) is 11.4. The first-order chi connectivity index (χ1) is 9.00. The number of nitrogens with zero attached hydrogens (tertiary/aromatic N) is 2. The lowest BCUT2D eigenvalue weighted by Crippen LogP contribution is -2.53. The monoisotopic (exact) mass is 341 g/mol. The highest BCUT2D eigenvalue weighted by molar-refractivity contribution is 9.10. The van der Waals surface area contributed by atoms with Crippen molar-refractivity contribution in [3.8, 4) is 0 Å². The molecule has 5 heteroatoms. The van der Waals surface area contributed by atoms with Gasteiger partial charge in [-0.05, 0) is 34.8 Å². The summed E-state index contributed by atoms with van der Waals surface area (Å²) in [6, 6.07) is 2.21. The zero-order chi connectivity index (χ0) is 13.6. The highest BCUT2D eigenvalue weighted by Gasteiger charge is 2.46. The Hall–Kier alpha value is -0.550. The maximum Gasteiger partial charge on any atom is 0.191 e. The molecule has 2 atom stereocenters. The van der Waals surface area contributed by atoms with Gasteiger partial charge in [0.15, 0.2) is 5.96 Å². The van der Waals surface area contributed by atoms with Crippen LogP contribution in [0.1, 0.15) is 31.1 Å². The lowest BCUT2D eigenvalue weighted by Gasteiger charge is -2.47. The fraction of sp³-hybridized carbons (Fsp3) is 0.643. The summed E-state index contributed by atoms with van der Waals surface area (Å²) in [6.45, 7) is 3.28. The predicted octanol–water partition coefficient (Wildman–Crippen LogP) is 3.40. The van der Waals surface area contributed by atoms with Gasteiger partial charge in [0.25, 0.3) is 0 Å². The Balaban J connectivity index is 2.02. The molecule has 0 bridgehead atoms. The number of aliphatic imine (C=N–C) groups is 1. The summed E-state index contributed by atoms with van der Waals surface area (Å²) in [5.74, 6) is 2.04. The third-order valence-electron chi connectivity index (χ3n) is 4.72. The van der Waals surface area contributed by atoms with Crippen LogP contribution in [0.25, 0.3) is 0 Å². The average molecular weight is 342 g/mol. The second-order valence-corrected chi connectivity index (χ2v) is 7.75. The minimum absolute atomic E-state index is 0.154. The van der Waals surface area contributed by atoms with Crippen molar-refractivity contribution in [1.29, 1.82) is 0 Å². The van der Waals surface area contributed by atoms with Crippen molar-refractivity contribution in [2.75, 3.05) is 13.6 Å². The molecular weight excluding hydrogens is 322 g/mol. The predicted molar refractivity (Wildman–Crippen MR) is 84.5 cm³/mol. The highest BCUT2D eigenvalue weighted by atomic mass is 79.9. The summed E-state index contributed by atoms with van der Waals surface area (Å²) in [5, 5.41) is 2.14. The molecular formula is C14H20BrN3S. The molecule has 0 radical (unpaired) electrons. The largest absolute Gasteiger partial charge is 0.370 e. The maximum absolute atomic E-state index is 6.09. The topological polar surface area (TPSA) is 41.6 Å². The first-order valence-corrected chi connectivity index (χ1v) is 8.49. The van der Waals surface area contributed by atoms with Gasteiger partial charge in [-0.3, -0.25) is 0 Å². The Morgan fingerprint density at radius 3 is 2.79 bits per heavy atom. The number of hydrogen-bond acceptors (Lipinski definition) is 4. The van der Waals surface area contributed by atoms with Gasteiger partial charge in [0.2, 0.25) is 0 Å². The van der Waals surface area contributed by atoms with E-state index >= 15 is 0 Å². The van der Waals surface area contributed by atoms with Crippen LogP contribution >= 0.6 is 27.3 Å². The smallest absolute Gasteiger partial charge is 0.191 e. The molecule has 1 aliphatic heterocycles. The van der Waals surface area contributed by atoms with Crippen LogP contribution in [0.2, 0.25) is 0 Å². The van der Waals surface area contributed by atoms with Gasteiger partial charge >= 0.3 is 0 Å². The Morgan fingerprint density at radius 2 is 2.26 bits per heavy atom. The van der Waals surface area contributed by atoms with Crippen molar-refractivity contribution < 1.29 is 0 Å². The summed E-state index contributed by atoms with van der Waals surface area (Å²) in [5.41, 5.74) is 5.93. The number of halogens is 1. The van der Waals surface area contributed by atoms with Gasteiger partial charge in [-0.2, -0.15) is 0 Å². The van der Waals surface area contributed by atoms with Crippen LogP contribution in [0.4, 0.5) is 0 Å². The molecule has 2 aliphatic rings. The van der Waals surface area contributed by atoms with Crippen LogP contribution in [0.3, 0.4) is 0 Å². The number of guanidine groups is 1. The van der Waals surface area contributed by atoms with Crippen LogP contribution in [-0.2, 0) is 5.54 Å². The van der Waals surface area contributed by atoms with Gasteiger partial charge in [0, 0.05) is 34.2 Å². The molecule has 2 heterocycles. The third-order valence-corrected chi connectivity index (χ3v) is 6.63.